The van der Waals surface area contributed by atoms with Crippen LogP contribution in [0.2, 0.25) is 0 Å². The number of nitrogens with one attached hydrogen (secondary N) is 1. The van der Waals surface area contributed by atoms with Crippen LogP contribution >= 0.6 is 15.9 Å². The van der Waals surface area contributed by atoms with E-state index in [1.54, 1.807) is 7.11 Å². The van der Waals surface area contributed by atoms with Crippen LogP contribution < -0.4 is 11.3 Å². The smallest absolute Gasteiger partial charge is 0.0791 e. The van der Waals surface area contributed by atoms with E-state index in [0.29, 0.717) is 0 Å². The molecule has 0 aliphatic rings. The molecule has 0 radical (unpaired) electrons. The summed E-state index contributed by atoms with van der Waals surface area (Å²) in [4.78, 5) is 0. The highest BCUT2D eigenvalue weighted by Gasteiger charge is 2.28. The number of halogens is 1. The molecule has 1 unspecified atom stereocenters. The number of hydrogen-bond acceptors (Lipinski definition) is 3. The van der Waals surface area contributed by atoms with Crippen LogP contribution in [0, 0.1) is 0 Å². The molecule has 0 saturated carbocycles. The van der Waals surface area contributed by atoms with Crippen LogP contribution in [0.1, 0.15) is 19.4 Å². The summed E-state index contributed by atoms with van der Waals surface area (Å²) in [5, 5.41) is 0. The number of hydrogen-bond donors (Lipinski definition) is 2. The quantitative estimate of drug-likeness (QED) is 0.645. The van der Waals surface area contributed by atoms with Crippen molar-refractivity contribution in [3.8, 4) is 0 Å². The fraction of sp³-hybridized carbons (Fsp3) is 0.500. The SMILES string of the molecule is COC(C)(C)C(Cc1ccc(Br)cc1)NN. The summed E-state index contributed by atoms with van der Waals surface area (Å²) in [7, 11) is 1.70. The van der Waals surface area contributed by atoms with Crippen molar-refractivity contribution in [2.75, 3.05) is 7.11 Å². The molecule has 0 aliphatic carbocycles. The lowest BCUT2D eigenvalue weighted by molar-refractivity contribution is -0.0101. The Bertz CT molecular complexity index is 324. The van der Waals surface area contributed by atoms with Crippen molar-refractivity contribution in [1.29, 1.82) is 0 Å². The lowest BCUT2D eigenvalue weighted by atomic mass is 9.93. The normalized spacial score (nSPS) is 13.8. The van der Waals surface area contributed by atoms with E-state index >= 15 is 0 Å². The van der Waals surface area contributed by atoms with E-state index in [9.17, 15) is 0 Å². The van der Waals surface area contributed by atoms with Gasteiger partial charge in [-0.05, 0) is 38.0 Å². The Hall–Kier alpha value is -0.420. The number of benzene rings is 1. The van der Waals surface area contributed by atoms with E-state index in [4.69, 9.17) is 10.6 Å². The molecule has 3 N–H and O–H groups in total. The summed E-state index contributed by atoms with van der Waals surface area (Å²) >= 11 is 3.42. The summed E-state index contributed by atoms with van der Waals surface area (Å²) in [6.45, 7) is 4.05. The Morgan fingerprint density at radius 3 is 2.38 bits per heavy atom. The first-order valence-corrected chi connectivity index (χ1v) is 6.04. The van der Waals surface area contributed by atoms with Crippen LogP contribution in [0.3, 0.4) is 0 Å². The number of hydrazine groups is 1. The van der Waals surface area contributed by atoms with Gasteiger partial charge in [0.05, 0.1) is 11.6 Å². The molecule has 1 rings (SSSR count). The van der Waals surface area contributed by atoms with Crippen LogP contribution in [0.25, 0.3) is 0 Å². The third kappa shape index (κ3) is 3.56. The van der Waals surface area contributed by atoms with Gasteiger partial charge in [-0.2, -0.15) is 0 Å². The maximum Gasteiger partial charge on any atom is 0.0791 e. The van der Waals surface area contributed by atoms with Crippen molar-refractivity contribution in [3.05, 3.63) is 34.3 Å². The molecule has 16 heavy (non-hydrogen) atoms. The van der Waals surface area contributed by atoms with Crippen LogP contribution in [-0.2, 0) is 11.2 Å². The molecule has 90 valence electrons. The van der Waals surface area contributed by atoms with Gasteiger partial charge in [-0.3, -0.25) is 11.3 Å². The van der Waals surface area contributed by atoms with Crippen LogP contribution in [-0.4, -0.2) is 18.8 Å². The first kappa shape index (κ1) is 13.6. The molecule has 0 spiro atoms. The summed E-state index contributed by atoms with van der Waals surface area (Å²) in [6, 6.07) is 8.31. The Morgan fingerprint density at radius 2 is 1.94 bits per heavy atom. The van der Waals surface area contributed by atoms with E-state index < -0.39 is 0 Å². The molecule has 0 fully saturated rings. The minimum atomic E-state index is -0.290. The van der Waals surface area contributed by atoms with Crippen molar-refractivity contribution in [2.24, 2.45) is 5.84 Å². The lowest BCUT2D eigenvalue weighted by Crippen LogP contribution is -2.52. The lowest BCUT2D eigenvalue weighted by Gasteiger charge is -2.32. The van der Waals surface area contributed by atoms with Gasteiger partial charge >= 0.3 is 0 Å². The molecule has 0 bridgehead atoms. The standard InChI is InChI=1S/C12H19BrN2O/c1-12(2,16-3)11(15-14)8-9-4-6-10(13)7-5-9/h4-7,11,15H,8,14H2,1-3H3. The van der Waals surface area contributed by atoms with Crippen LogP contribution in [0.4, 0.5) is 0 Å². The molecular weight excluding hydrogens is 268 g/mol. The second-order valence-electron chi connectivity index (χ2n) is 4.36. The fourth-order valence-corrected chi connectivity index (χ4v) is 1.77. The second kappa shape index (κ2) is 5.77. The highest BCUT2D eigenvalue weighted by molar-refractivity contribution is 9.10. The molecule has 0 amide bonds. The van der Waals surface area contributed by atoms with E-state index in [1.807, 2.05) is 26.0 Å². The molecule has 0 aromatic heterocycles. The topological polar surface area (TPSA) is 47.3 Å². The van der Waals surface area contributed by atoms with Gasteiger partial charge < -0.3 is 4.74 Å². The van der Waals surface area contributed by atoms with Crippen molar-refractivity contribution in [2.45, 2.75) is 31.9 Å². The molecule has 0 saturated heterocycles. The fourth-order valence-electron chi connectivity index (χ4n) is 1.50. The molecule has 4 heteroatoms. The van der Waals surface area contributed by atoms with Crippen LogP contribution in [0.5, 0.6) is 0 Å². The summed E-state index contributed by atoms with van der Waals surface area (Å²) in [5.41, 5.74) is 3.76. The van der Waals surface area contributed by atoms with Crippen molar-refractivity contribution in [3.63, 3.8) is 0 Å². The number of rotatable bonds is 5. The predicted octanol–water partition coefficient (Wildman–Crippen LogP) is 2.25. The molecule has 1 aromatic rings. The Morgan fingerprint density at radius 1 is 1.38 bits per heavy atom. The Kier molecular flexibility index (Phi) is 4.92. The van der Waals surface area contributed by atoms with Gasteiger partial charge in [0.1, 0.15) is 0 Å². The summed E-state index contributed by atoms with van der Waals surface area (Å²) < 4.78 is 6.52. The second-order valence-corrected chi connectivity index (χ2v) is 5.27. The first-order valence-electron chi connectivity index (χ1n) is 5.25. The molecule has 1 atom stereocenters. The van der Waals surface area contributed by atoms with E-state index in [-0.39, 0.29) is 11.6 Å². The minimum absolute atomic E-state index is 0.0821. The molecule has 1 aromatic carbocycles. The third-order valence-electron chi connectivity index (χ3n) is 2.92. The average Bonchev–Trinajstić information content (AvgIpc) is 2.28. The highest BCUT2D eigenvalue weighted by atomic mass is 79.9. The van der Waals surface area contributed by atoms with Crippen molar-refractivity contribution >= 4 is 15.9 Å². The molecular formula is C12H19BrN2O. The van der Waals surface area contributed by atoms with Crippen LogP contribution in [0.15, 0.2) is 28.7 Å². The summed E-state index contributed by atoms with van der Waals surface area (Å²) in [5.74, 6) is 5.57. The zero-order chi connectivity index (χ0) is 12.2. The third-order valence-corrected chi connectivity index (χ3v) is 3.45. The monoisotopic (exact) mass is 286 g/mol. The summed E-state index contributed by atoms with van der Waals surface area (Å²) in [6.07, 6.45) is 0.838. The van der Waals surface area contributed by atoms with Gasteiger partial charge in [0.15, 0.2) is 0 Å². The number of ether oxygens (including phenoxy) is 1. The largest absolute Gasteiger partial charge is 0.377 e. The van der Waals surface area contributed by atoms with Gasteiger partial charge in [-0.15, -0.1) is 0 Å². The number of methoxy groups -OCH3 is 1. The zero-order valence-electron chi connectivity index (χ0n) is 9.96. The van der Waals surface area contributed by atoms with Gasteiger partial charge in [0, 0.05) is 11.6 Å². The minimum Gasteiger partial charge on any atom is -0.377 e. The number of nitrogens with two attached hydrogens (primary N) is 1. The van der Waals surface area contributed by atoms with E-state index in [0.717, 1.165) is 10.9 Å². The predicted molar refractivity (Wildman–Crippen MR) is 70.0 cm³/mol. The van der Waals surface area contributed by atoms with E-state index in [1.165, 1.54) is 5.56 Å². The zero-order valence-corrected chi connectivity index (χ0v) is 11.5. The van der Waals surface area contributed by atoms with Gasteiger partial charge in [-0.25, -0.2) is 0 Å². The highest BCUT2D eigenvalue weighted by Crippen LogP contribution is 2.18. The van der Waals surface area contributed by atoms with Crippen molar-refractivity contribution in [1.82, 2.24) is 5.43 Å². The molecule has 3 nitrogen and oxygen atoms in total. The Balaban J connectivity index is 2.74. The van der Waals surface area contributed by atoms with Gasteiger partial charge in [-0.1, -0.05) is 28.1 Å². The van der Waals surface area contributed by atoms with E-state index in [2.05, 4.69) is 33.5 Å². The van der Waals surface area contributed by atoms with Crippen molar-refractivity contribution < 1.29 is 4.74 Å². The maximum absolute atomic E-state index is 5.57. The first-order chi connectivity index (χ1) is 7.49. The van der Waals surface area contributed by atoms with Gasteiger partial charge in [0.25, 0.3) is 0 Å². The average molecular weight is 287 g/mol. The molecule has 0 aliphatic heterocycles. The maximum atomic E-state index is 5.57. The molecule has 0 heterocycles. The van der Waals surface area contributed by atoms with Gasteiger partial charge in [0.2, 0.25) is 0 Å². The Labute approximate surface area is 105 Å².